The van der Waals surface area contributed by atoms with Crippen LogP contribution < -0.4 is 0 Å². The molecule has 1 aliphatic heterocycles. The molecule has 2 atom stereocenters. The maximum absolute atomic E-state index is 13.9. The number of ether oxygens (including phenoxy) is 1. The molecule has 1 fully saturated rings. The number of carbonyl (C=O) groups excluding carboxylic acids is 2. The van der Waals surface area contributed by atoms with Gasteiger partial charge in [-0.2, -0.15) is 0 Å². The van der Waals surface area contributed by atoms with Crippen LogP contribution in [0.25, 0.3) is 0 Å². The SMILES string of the molecule is CCC1SCC(C(=O)OCC(C)C)N1C(=O)C(c1ccccc1)c1ccccc1. The van der Waals surface area contributed by atoms with Gasteiger partial charge in [0, 0.05) is 5.75 Å². The summed E-state index contributed by atoms with van der Waals surface area (Å²) in [5, 5.41) is -0.0194. The summed E-state index contributed by atoms with van der Waals surface area (Å²) in [5.74, 6) is 0.0736. The van der Waals surface area contributed by atoms with Gasteiger partial charge in [-0.15, -0.1) is 11.8 Å². The number of carbonyl (C=O) groups is 2. The van der Waals surface area contributed by atoms with Crippen LogP contribution in [0, 0.1) is 5.92 Å². The first-order chi connectivity index (χ1) is 14.0. The van der Waals surface area contributed by atoms with Crippen molar-refractivity contribution in [1.82, 2.24) is 4.90 Å². The Kier molecular flexibility index (Phi) is 7.37. The fraction of sp³-hybridized carbons (Fsp3) is 0.417. The van der Waals surface area contributed by atoms with E-state index >= 15 is 0 Å². The number of nitrogens with zero attached hydrogens (tertiary/aromatic N) is 1. The zero-order valence-electron chi connectivity index (χ0n) is 17.3. The van der Waals surface area contributed by atoms with Gasteiger partial charge in [-0.05, 0) is 23.5 Å². The van der Waals surface area contributed by atoms with Gasteiger partial charge in [0.1, 0.15) is 6.04 Å². The van der Waals surface area contributed by atoms with Crippen LogP contribution in [-0.2, 0) is 14.3 Å². The number of esters is 1. The molecule has 5 heteroatoms. The van der Waals surface area contributed by atoms with Crippen molar-refractivity contribution >= 4 is 23.6 Å². The first-order valence-corrected chi connectivity index (χ1v) is 11.3. The lowest BCUT2D eigenvalue weighted by atomic mass is 9.89. The Bertz CT molecular complexity index is 770. The van der Waals surface area contributed by atoms with Crippen molar-refractivity contribution < 1.29 is 14.3 Å². The molecule has 1 saturated heterocycles. The van der Waals surface area contributed by atoms with Crippen molar-refractivity contribution in [2.45, 2.75) is 44.5 Å². The number of thioether (sulfide) groups is 1. The molecule has 0 aromatic heterocycles. The van der Waals surface area contributed by atoms with E-state index in [1.54, 1.807) is 16.7 Å². The minimum Gasteiger partial charge on any atom is -0.464 e. The molecule has 0 bridgehead atoms. The van der Waals surface area contributed by atoms with Crippen LogP contribution in [-0.4, -0.2) is 40.6 Å². The van der Waals surface area contributed by atoms with Crippen molar-refractivity contribution in [3.63, 3.8) is 0 Å². The van der Waals surface area contributed by atoms with Crippen molar-refractivity contribution in [2.75, 3.05) is 12.4 Å². The Labute approximate surface area is 177 Å². The third kappa shape index (κ3) is 5.02. The van der Waals surface area contributed by atoms with Crippen LogP contribution in [0.3, 0.4) is 0 Å². The van der Waals surface area contributed by atoms with Gasteiger partial charge in [-0.1, -0.05) is 81.4 Å². The minimum atomic E-state index is -0.536. The summed E-state index contributed by atoms with van der Waals surface area (Å²) in [5.41, 5.74) is 1.87. The molecule has 154 valence electrons. The minimum absolute atomic E-state index is 0.0194. The number of rotatable bonds is 7. The fourth-order valence-electron chi connectivity index (χ4n) is 3.62. The molecule has 1 heterocycles. The Morgan fingerprint density at radius 2 is 1.59 bits per heavy atom. The molecule has 1 amide bonds. The molecule has 4 nitrogen and oxygen atoms in total. The lowest BCUT2D eigenvalue weighted by molar-refractivity contribution is -0.155. The monoisotopic (exact) mass is 411 g/mol. The van der Waals surface area contributed by atoms with E-state index in [9.17, 15) is 9.59 Å². The summed E-state index contributed by atoms with van der Waals surface area (Å²) in [4.78, 5) is 28.4. The Hall–Kier alpha value is -2.27. The number of hydrogen-bond donors (Lipinski definition) is 0. The second-order valence-corrected chi connectivity index (χ2v) is 8.95. The van der Waals surface area contributed by atoms with Crippen molar-refractivity contribution in [3.8, 4) is 0 Å². The molecule has 2 aromatic carbocycles. The second-order valence-electron chi connectivity index (χ2n) is 7.74. The molecule has 0 radical (unpaired) electrons. The van der Waals surface area contributed by atoms with Crippen LogP contribution in [0.4, 0.5) is 0 Å². The van der Waals surface area contributed by atoms with Gasteiger partial charge in [-0.3, -0.25) is 4.79 Å². The maximum atomic E-state index is 13.9. The molecule has 0 spiro atoms. The average Bonchev–Trinajstić information content (AvgIpc) is 3.18. The zero-order chi connectivity index (χ0) is 20.8. The van der Waals surface area contributed by atoms with Gasteiger partial charge >= 0.3 is 5.97 Å². The third-order valence-corrected chi connectivity index (χ3v) is 6.49. The standard InChI is InChI=1S/C24H29NO3S/c1-4-21-25(20(16-29-21)24(27)28-15-17(2)3)23(26)22(18-11-7-5-8-12-18)19-13-9-6-10-14-19/h5-14,17,20-22H,4,15-16H2,1-3H3. The molecular formula is C24H29NO3S. The molecule has 0 aliphatic carbocycles. The molecule has 29 heavy (non-hydrogen) atoms. The Morgan fingerprint density at radius 3 is 2.07 bits per heavy atom. The highest BCUT2D eigenvalue weighted by atomic mass is 32.2. The second kappa shape index (κ2) is 9.97. The van der Waals surface area contributed by atoms with E-state index in [0.29, 0.717) is 12.4 Å². The molecule has 2 aromatic rings. The highest BCUT2D eigenvalue weighted by Crippen LogP contribution is 2.37. The molecule has 1 aliphatic rings. The molecule has 0 N–H and O–H groups in total. The van der Waals surface area contributed by atoms with Crippen LogP contribution in [0.15, 0.2) is 60.7 Å². The van der Waals surface area contributed by atoms with Gasteiger partial charge < -0.3 is 9.64 Å². The first kappa shape index (κ1) is 21.4. The highest BCUT2D eigenvalue weighted by Gasteiger charge is 2.44. The number of benzene rings is 2. The fourth-order valence-corrected chi connectivity index (χ4v) is 4.97. The predicted molar refractivity (Wildman–Crippen MR) is 118 cm³/mol. The van der Waals surface area contributed by atoms with E-state index < -0.39 is 12.0 Å². The summed E-state index contributed by atoms with van der Waals surface area (Å²) in [7, 11) is 0. The molecular weight excluding hydrogens is 382 g/mol. The van der Waals surface area contributed by atoms with E-state index in [1.807, 2.05) is 74.5 Å². The van der Waals surface area contributed by atoms with E-state index in [-0.39, 0.29) is 23.2 Å². The van der Waals surface area contributed by atoms with E-state index in [1.165, 1.54) is 0 Å². The van der Waals surface area contributed by atoms with Gasteiger partial charge in [-0.25, -0.2) is 4.79 Å². The van der Waals surface area contributed by atoms with E-state index in [0.717, 1.165) is 17.5 Å². The predicted octanol–water partition coefficient (Wildman–Crippen LogP) is 4.70. The topological polar surface area (TPSA) is 46.6 Å². The maximum Gasteiger partial charge on any atom is 0.329 e. The zero-order valence-corrected chi connectivity index (χ0v) is 18.1. The number of amides is 1. The summed E-state index contributed by atoms with van der Waals surface area (Å²) < 4.78 is 5.51. The van der Waals surface area contributed by atoms with Gasteiger partial charge in [0.15, 0.2) is 0 Å². The molecule has 2 unspecified atom stereocenters. The van der Waals surface area contributed by atoms with Crippen molar-refractivity contribution in [1.29, 1.82) is 0 Å². The summed E-state index contributed by atoms with van der Waals surface area (Å²) in [6.45, 7) is 6.45. The smallest absolute Gasteiger partial charge is 0.329 e. The lowest BCUT2D eigenvalue weighted by Crippen LogP contribution is -2.48. The molecule has 0 saturated carbocycles. The van der Waals surface area contributed by atoms with E-state index in [2.05, 4.69) is 6.92 Å². The Balaban J connectivity index is 1.94. The van der Waals surface area contributed by atoms with Crippen molar-refractivity contribution in [3.05, 3.63) is 71.8 Å². The van der Waals surface area contributed by atoms with Crippen LogP contribution in [0.1, 0.15) is 44.2 Å². The first-order valence-electron chi connectivity index (χ1n) is 10.2. The number of hydrogen-bond acceptors (Lipinski definition) is 4. The molecule has 3 rings (SSSR count). The highest BCUT2D eigenvalue weighted by molar-refractivity contribution is 8.00. The van der Waals surface area contributed by atoms with Gasteiger partial charge in [0.2, 0.25) is 5.91 Å². The van der Waals surface area contributed by atoms with Crippen LogP contribution >= 0.6 is 11.8 Å². The van der Waals surface area contributed by atoms with Gasteiger partial charge in [0.05, 0.1) is 17.9 Å². The third-order valence-electron chi connectivity index (χ3n) is 5.04. The lowest BCUT2D eigenvalue weighted by Gasteiger charge is -2.32. The normalized spacial score (nSPS) is 19.0. The van der Waals surface area contributed by atoms with Crippen molar-refractivity contribution in [2.24, 2.45) is 5.92 Å². The quantitative estimate of drug-likeness (QED) is 0.620. The van der Waals surface area contributed by atoms with Crippen LogP contribution in [0.2, 0.25) is 0 Å². The summed E-state index contributed by atoms with van der Waals surface area (Å²) in [6, 6.07) is 19.1. The largest absolute Gasteiger partial charge is 0.464 e. The van der Waals surface area contributed by atoms with E-state index in [4.69, 9.17) is 4.74 Å². The Morgan fingerprint density at radius 1 is 1.03 bits per heavy atom. The summed E-state index contributed by atoms with van der Waals surface area (Å²) in [6.07, 6.45) is 0.792. The average molecular weight is 412 g/mol. The summed E-state index contributed by atoms with van der Waals surface area (Å²) >= 11 is 1.66. The van der Waals surface area contributed by atoms with Crippen LogP contribution in [0.5, 0.6) is 0 Å². The van der Waals surface area contributed by atoms with Gasteiger partial charge in [0.25, 0.3) is 0 Å².